The lowest BCUT2D eigenvalue weighted by molar-refractivity contribution is 0.415. The van der Waals surface area contributed by atoms with Gasteiger partial charge >= 0.3 is 0 Å². The molecule has 7 heteroatoms. The molecule has 0 amide bonds. The monoisotopic (exact) mass is 353 g/mol. The third-order valence-electron chi connectivity index (χ3n) is 2.69. The van der Waals surface area contributed by atoms with E-state index in [4.69, 9.17) is 28.6 Å². The highest BCUT2D eigenvalue weighted by molar-refractivity contribution is 7.99. The summed E-state index contributed by atoms with van der Waals surface area (Å²) in [7, 11) is 1.60. The fourth-order valence-electron chi connectivity index (χ4n) is 1.67. The molecule has 0 saturated carbocycles. The van der Waals surface area contributed by atoms with Gasteiger partial charge in [-0.3, -0.25) is 0 Å². The van der Waals surface area contributed by atoms with Gasteiger partial charge in [0.15, 0.2) is 16.7 Å². The van der Waals surface area contributed by atoms with E-state index in [1.54, 1.807) is 25.1 Å². The van der Waals surface area contributed by atoms with E-state index in [0.29, 0.717) is 16.7 Å². The van der Waals surface area contributed by atoms with Crippen molar-refractivity contribution < 1.29 is 4.74 Å². The molecule has 0 radical (unpaired) electrons. The van der Waals surface area contributed by atoms with Crippen LogP contribution in [0.3, 0.4) is 0 Å². The number of nitrogens with zero attached hydrogens (tertiary/aromatic N) is 1. The third-order valence-corrected chi connectivity index (χ3v) is 4.20. The zero-order valence-electron chi connectivity index (χ0n) is 12.0. The molecule has 0 spiro atoms. The maximum atomic E-state index is 5.85. The average Bonchev–Trinajstić information content (AvgIpc) is 2.54. The van der Waals surface area contributed by atoms with E-state index in [1.165, 1.54) is 4.90 Å². The molecule has 0 aliphatic heterocycles. The fourth-order valence-corrected chi connectivity index (χ4v) is 2.76. The molecular formula is C15H16ClN3OS2. The Morgan fingerprint density at radius 2 is 2.09 bits per heavy atom. The first-order valence-corrected chi connectivity index (χ1v) is 8.38. The van der Waals surface area contributed by atoms with Crippen molar-refractivity contribution in [1.29, 1.82) is 0 Å². The average molecular weight is 354 g/mol. The van der Waals surface area contributed by atoms with Crippen molar-refractivity contribution in [2.75, 3.05) is 24.7 Å². The molecule has 2 N–H and O–H groups in total. The molecule has 0 saturated heterocycles. The summed E-state index contributed by atoms with van der Waals surface area (Å²) >= 11 is 12.8. The van der Waals surface area contributed by atoms with Gasteiger partial charge in [0.05, 0.1) is 7.11 Å². The lowest BCUT2D eigenvalue weighted by atomic mass is 10.4. The summed E-state index contributed by atoms with van der Waals surface area (Å²) < 4.78 is 5.21. The van der Waals surface area contributed by atoms with E-state index in [2.05, 4.69) is 15.6 Å². The largest absolute Gasteiger partial charge is 0.493 e. The van der Waals surface area contributed by atoms with E-state index in [9.17, 15) is 0 Å². The molecule has 0 fully saturated rings. The minimum atomic E-state index is 0.522. The van der Waals surface area contributed by atoms with Crippen LogP contribution in [0, 0.1) is 0 Å². The number of ether oxygens (including phenoxy) is 1. The minimum absolute atomic E-state index is 0.522. The van der Waals surface area contributed by atoms with E-state index >= 15 is 0 Å². The number of thiocarbonyl (C=S) groups is 1. The molecule has 4 nitrogen and oxygen atoms in total. The van der Waals surface area contributed by atoms with Crippen LogP contribution in [0.5, 0.6) is 5.75 Å². The number of pyridine rings is 1. The molecule has 0 aliphatic carbocycles. The predicted octanol–water partition coefficient (Wildman–Crippen LogP) is 3.82. The molecule has 1 heterocycles. The van der Waals surface area contributed by atoms with Gasteiger partial charge < -0.3 is 15.4 Å². The van der Waals surface area contributed by atoms with Crippen molar-refractivity contribution in [3.8, 4) is 5.75 Å². The van der Waals surface area contributed by atoms with Crippen molar-refractivity contribution >= 4 is 46.5 Å². The van der Waals surface area contributed by atoms with Crippen molar-refractivity contribution in [2.24, 2.45) is 0 Å². The van der Waals surface area contributed by atoms with Crippen LogP contribution in [0.15, 0.2) is 47.5 Å². The molecule has 1 aromatic carbocycles. The Balaban J connectivity index is 1.72. The second-order valence-electron chi connectivity index (χ2n) is 4.24. The van der Waals surface area contributed by atoms with Gasteiger partial charge in [-0.05, 0) is 48.6 Å². The quantitative estimate of drug-likeness (QED) is 0.467. The Labute approximate surface area is 144 Å². The van der Waals surface area contributed by atoms with Gasteiger partial charge in [-0.15, -0.1) is 11.8 Å². The van der Waals surface area contributed by atoms with Crippen molar-refractivity contribution in [1.82, 2.24) is 10.3 Å². The lowest BCUT2D eigenvalue weighted by Gasteiger charge is -2.12. The summed E-state index contributed by atoms with van der Waals surface area (Å²) in [5.41, 5.74) is 0. The molecule has 0 unspecified atom stereocenters. The number of thioether (sulfide) groups is 1. The first-order valence-electron chi connectivity index (χ1n) is 6.61. The zero-order chi connectivity index (χ0) is 15.8. The van der Waals surface area contributed by atoms with Gasteiger partial charge in [-0.1, -0.05) is 11.6 Å². The van der Waals surface area contributed by atoms with Crippen LogP contribution >= 0.6 is 35.6 Å². The van der Waals surface area contributed by atoms with Gasteiger partial charge in [0, 0.05) is 28.4 Å². The van der Waals surface area contributed by atoms with E-state index < -0.39 is 0 Å². The SMILES string of the molecule is COc1cccnc1NC(=S)NCCSc1ccc(Cl)cc1. The number of aromatic nitrogens is 1. The van der Waals surface area contributed by atoms with Crippen molar-refractivity contribution in [3.63, 3.8) is 0 Å². The van der Waals surface area contributed by atoms with Crippen LogP contribution in [-0.2, 0) is 0 Å². The zero-order valence-corrected chi connectivity index (χ0v) is 14.4. The van der Waals surface area contributed by atoms with Gasteiger partial charge in [0.1, 0.15) is 0 Å². The van der Waals surface area contributed by atoms with Crippen LogP contribution in [0.25, 0.3) is 0 Å². The number of hydrogen-bond donors (Lipinski definition) is 2. The van der Waals surface area contributed by atoms with E-state index in [0.717, 1.165) is 17.3 Å². The van der Waals surface area contributed by atoms with Crippen molar-refractivity contribution in [2.45, 2.75) is 4.90 Å². The summed E-state index contributed by atoms with van der Waals surface area (Å²) in [6, 6.07) is 11.4. The molecular weight excluding hydrogens is 338 g/mol. The molecule has 116 valence electrons. The Morgan fingerprint density at radius 1 is 1.32 bits per heavy atom. The summed E-state index contributed by atoms with van der Waals surface area (Å²) in [6.45, 7) is 0.744. The summed E-state index contributed by atoms with van der Waals surface area (Å²) in [6.07, 6.45) is 1.68. The molecule has 22 heavy (non-hydrogen) atoms. The number of methoxy groups -OCH3 is 1. The molecule has 0 atom stereocenters. The second-order valence-corrected chi connectivity index (χ2v) is 6.25. The Kier molecular flexibility index (Phi) is 6.76. The predicted molar refractivity (Wildman–Crippen MR) is 97.2 cm³/mol. The summed E-state index contributed by atoms with van der Waals surface area (Å²) in [5.74, 6) is 2.15. The first-order chi connectivity index (χ1) is 10.7. The molecule has 1 aromatic heterocycles. The number of nitrogens with one attached hydrogen (secondary N) is 2. The smallest absolute Gasteiger partial charge is 0.174 e. The topological polar surface area (TPSA) is 46.2 Å². The molecule has 0 bridgehead atoms. The van der Waals surface area contributed by atoms with Crippen LogP contribution in [0.2, 0.25) is 5.02 Å². The fraction of sp³-hybridized carbons (Fsp3) is 0.200. The number of benzene rings is 1. The maximum absolute atomic E-state index is 5.85. The van der Waals surface area contributed by atoms with Crippen LogP contribution in [-0.4, -0.2) is 29.5 Å². The Morgan fingerprint density at radius 3 is 2.82 bits per heavy atom. The number of rotatable bonds is 6. The van der Waals surface area contributed by atoms with E-state index in [1.807, 2.05) is 36.4 Å². The van der Waals surface area contributed by atoms with Crippen LogP contribution in [0.4, 0.5) is 5.82 Å². The highest BCUT2D eigenvalue weighted by Gasteiger charge is 2.04. The number of halogens is 1. The van der Waals surface area contributed by atoms with E-state index in [-0.39, 0.29) is 0 Å². The summed E-state index contributed by atoms with van der Waals surface area (Å²) in [4.78, 5) is 5.37. The Bertz CT molecular complexity index is 622. The van der Waals surface area contributed by atoms with Gasteiger partial charge in [0.25, 0.3) is 0 Å². The standard InChI is InChI=1S/C15H16ClN3OS2/c1-20-13-3-2-8-17-14(13)19-15(21)18-9-10-22-12-6-4-11(16)5-7-12/h2-8H,9-10H2,1H3,(H2,17,18,19,21). The van der Waals surface area contributed by atoms with Crippen LogP contribution < -0.4 is 15.4 Å². The maximum Gasteiger partial charge on any atom is 0.174 e. The molecule has 0 aliphatic rings. The summed E-state index contributed by atoms with van der Waals surface area (Å²) in [5, 5.41) is 7.44. The normalized spacial score (nSPS) is 10.1. The minimum Gasteiger partial charge on any atom is -0.493 e. The van der Waals surface area contributed by atoms with Crippen LogP contribution in [0.1, 0.15) is 0 Å². The molecule has 2 rings (SSSR count). The highest BCUT2D eigenvalue weighted by Crippen LogP contribution is 2.20. The lowest BCUT2D eigenvalue weighted by Crippen LogP contribution is -2.30. The number of anilines is 1. The van der Waals surface area contributed by atoms with Crippen molar-refractivity contribution in [3.05, 3.63) is 47.6 Å². The third kappa shape index (κ3) is 5.36. The van der Waals surface area contributed by atoms with Gasteiger partial charge in [-0.25, -0.2) is 4.98 Å². The van der Waals surface area contributed by atoms with Gasteiger partial charge in [-0.2, -0.15) is 0 Å². The Hall–Kier alpha value is -1.50. The first kappa shape index (κ1) is 16.9. The highest BCUT2D eigenvalue weighted by atomic mass is 35.5. The molecule has 2 aromatic rings. The number of hydrogen-bond acceptors (Lipinski definition) is 4. The second kappa shape index (κ2) is 8.82. The van der Waals surface area contributed by atoms with Gasteiger partial charge in [0.2, 0.25) is 0 Å².